The fourth-order valence-corrected chi connectivity index (χ4v) is 2.34. The molecule has 3 aromatic rings. The second-order valence-corrected chi connectivity index (χ2v) is 5.40. The van der Waals surface area contributed by atoms with Gasteiger partial charge in [0, 0.05) is 23.5 Å². The molecule has 1 aromatic carbocycles. The van der Waals surface area contributed by atoms with E-state index in [1.54, 1.807) is 24.7 Å². The van der Waals surface area contributed by atoms with Gasteiger partial charge >= 0.3 is 0 Å². The van der Waals surface area contributed by atoms with Crippen LogP contribution in [0.3, 0.4) is 0 Å². The van der Waals surface area contributed by atoms with E-state index < -0.39 is 11.9 Å². The normalized spacial score (nSPS) is 11.9. The second-order valence-electron chi connectivity index (χ2n) is 5.40. The van der Waals surface area contributed by atoms with E-state index in [4.69, 9.17) is 5.73 Å². The highest BCUT2D eigenvalue weighted by Crippen LogP contribution is 2.18. The van der Waals surface area contributed by atoms with Crippen LogP contribution in [0.5, 0.6) is 0 Å². The molecule has 2 heterocycles. The maximum Gasteiger partial charge on any atom is 0.271 e. The summed E-state index contributed by atoms with van der Waals surface area (Å²) in [4.78, 5) is 26.8. The van der Waals surface area contributed by atoms with Gasteiger partial charge in [-0.3, -0.25) is 14.7 Å². The van der Waals surface area contributed by atoms with Crippen molar-refractivity contribution in [2.24, 2.45) is 5.73 Å². The molecule has 7 nitrogen and oxygen atoms in total. The van der Waals surface area contributed by atoms with Crippen molar-refractivity contribution in [1.82, 2.24) is 15.2 Å². The average molecular weight is 323 g/mol. The minimum Gasteiger partial charge on any atom is -0.327 e. The summed E-state index contributed by atoms with van der Waals surface area (Å²) >= 11 is 0. The van der Waals surface area contributed by atoms with E-state index in [1.807, 2.05) is 30.3 Å². The number of rotatable bonds is 5. The van der Waals surface area contributed by atoms with Crippen molar-refractivity contribution < 1.29 is 4.79 Å². The van der Waals surface area contributed by atoms with Crippen LogP contribution in [0.4, 0.5) is 5.69 Å². The fourth-order valence-electron chi connectivity index (χ4n) is 2.34. The number of aromatic amines is 2. The molecule has 0 aliphatic carbocycles. The van der Waals surface area contributed by atoms with Crippen LogP contribution in [0.25, 0.3) is 11.1 Å². The number of aromatic nitrogens is 3. The number of nitrogens with zero attached hydrogens (tertiary/aromatic N) is 1. The quantitative estimate of drug-likeness (QED) is 0.565. The van der Waals surface area contributed by atoms with Crippen molar-refractivity contribution in [2.75, 3.05) is 5.32 Å². The molecule has 2 aromatic heterocycles. The summed E-state index contributed by atoms with van der Waals surface area (Å²) in [5.41, 5.74) is 8.20. The van der Waals surface area contributed by atoms with E-state index in [0.29, 0.717) is 6.42 Å². The maximum absolute atomic E-state index is 12.3. The number of nitrogens with two attached hydrogens (primary N) is 1. The van der Waals surface area contributed by atoms with Crippen LogP contribution >= 0.6 is 0 Å². The van der Waals surface area contributed by atoms with E-state index in [-0.39, 0.29) is 11.2 Å². The number of benzene rings is 1. The number of amides is 1. The molecule has 3 rings (SSSR count). The van der Waals surface area contributed by atoms with E-state index in [0.717, 1.165) is 16.7 Å². The predicted octanol–water partition coefficient (Wildman–Crippen LogP) is 1.27. The van der Waals surface area contributed by atoms with Crippen LogP contribution in [-0.2, 0) is 11.2 Å². The third-order valence-electron chi connectivity index (χ3n) is 3.63. The van der Waals surface area contributed by atoms with E-state index in [1.165, 1.54) is 0 Å². The minimum absolute atomic E-state index is 0.155. The molecule has 1 atom stereocenters. The monoisotopic (exact) mass is 323 g/mol. The lowest BCUT2D eigenvalue weighted by atomic mass is 10.1. The van der Waals surface area contributed by atoms with Crippen molar-refractivity contribution in [3.8, 4) is 11.1 Å². The molecule has 0 radical (unpaired) electrons. The minimum atomic E-state index is -0.746. The maximum atomic E-state index is 12.3. The van der Waals surface area contributed by atoms with Crippen molar-refractivity contribution in [3.63, 3.8) is 0 Å². The second kappa shape index (κ2) is 6.93. The third kappa shape index (κ3) is 3.58. The molecule has 7 heteroatoms. The van der Waals surface area contributed by atoms with Crippen molar-refractivity contribution in [2.45, 2.75) is 12.5 Å². The summed E-state index contributed by atoms with van der Waals surface area (Å²) in [7, 11) is 0. The lowest BCUT2D eigenvalue weighted by Gasteiger charge is -2.12. The summed E-state index contributed by atoms with van der Waals surface area (Å²) in [5.74, 6) is -0.409. The Balaban J connectivity index is 1.74. The largest absolute Gasteiger partial charge is 0.327 e. The van der Waals surface area contributed by atoms with Gasteiger partial charge in [-0.1, -0.05) is 30.3 Å². The molecule has 0 spiro atoms. The van der Waals surface area contributed by atoms with Gasteiger partial charge in [0.2, 0.25) is 5.91 Å². The summed E-state index contributed by atoms with van der Waals surface area (Å²) < 4.78 is 0. The molecule has 24 heavy (non-hydrogen) atoms. The molecule has 0 unspecified atom stereocenters. The van der Waals surface area contributed by atoms with Crippen LogP contribution in [0.15, 0.2) is 59.8 Å². The first-order valence-corrected chi connectivity index (χ1v) is 7.46. The Morgan fingerprint density at radius 3 is 2.71 bits per heavy atom. The average Bonchev–Trinajstić information content (AvgIpc) is 3.12. The van der Waals surface area contributed by atoms with E-state index in [2.05, 4.69) is 20.5 Å². The number of anilines is 1. The Hall–Kier alpha value is -3.19. The molecule has 122 valence electrons. The highest BCUT2D eigenvalue weighted by atomic mass is 16.2. The number of hydrogen-bond donors (Lipinski definition) is 4. The SMILES string of the molecule is N[C@@H](Cc1ccccc1)C(=O)Nc1cc(-c2cn[nH]c2)c[nH]c1=O. The number of pyridine rings is 1. The topological polar surface area (TPSA) is 117 Å². The van der Waals surface area contributed by atoms with Crippen LogP contribution in [0.2, 0.25) is 0 Å². The first kappa shape index (κ1) is 15.7. The lowest BCUT2D eigenvalue weighted by molar-refractivity contribution is -0.117. The molecular weight excluding hydrogens is 306 g/mol. The summed E-state index contributed by atoms with van der Waals surface area (Å²) in [6, 6.07) is 10.3. The molecule has 0 fully saturated rings. The highest BCUT2D eigenvalue weighted by Gasteiger charge is 2.16. The number of nitrogens with one attached hydrogen (secondary N) is 3. The van der Waals surface area contributed by atoms with Gasteiger partial charge in [0.1, 0.15) is 5.69 Å². The van der Waals surface area contributed by atoms with Gasteiger partial charge in [-0.15, -0.1) is 0 Å². The Morgan fingerprint density at radius 1 is 1.21 bits per heavy atom. The Morgan fingerprint density at radius 2 is 2.00 bits per heavy atom. The van der Waals surface area contributed by atoms with Gasteiger partial charge in [0.15, 0.2) is 0 Å². The van der Waals surface area contributed by atoms with E-state index >= 15 is 0 Å². The molecule has 0 bridgehead atoms. The molecule has 0 aliphatic rings. The number of carbonyl (C=O) groups is 1. The first-order valence-electron chi connectivity index (χ1n) is 7.46. The summed E-state index contributed by atoms with van der Waals surface area (Å²) in [5, 5.41) is 9.16. The van der Waals surface area contributed by atoms with Crippen LogP contribution < -0.4 is 16.6 Å². The van der Waals surface area contributed by atoms with Gasteiger partial charge in [-0.25, -0.2) is 0 Å². The Kier molecular flexibility index (Phi) is 4.53. The molecule has 1 amide bonds. The summed E-state index contributed by atoms with van der Waals surface area (Å²) in [6.07, 6.45) is 5.28. The number of hydrogen-bond acceptors (Lipinski definition) is 4. The van der Waals surface area contributed by atoms with Gasteiger partial charge < -0.3 is 16.0 Å². The summed E-state index contributed by atoms with van der Waals surface area (Å²) in [6.45, 7) is 0. The zero-order valence-electron chi connectivity index (χ0n) is 12.8. The van der Waals surface area contributed by atoms with Gasteiger partial charge in [-0.2, -0.15) is 5.10 Å². The van der Waals surface area contributed by atoms with E-state index in [9.17, 15) is 9.59 Å². The first-order chi connectivity index (χ1) is 11.6. The van der Waals surface area contributed by atoms with Crippen molar-refractivity contribution in [1.29, 1.82) is 0 Å². The molecule has 0 saturated carbocycles. The van der Waals surface area contributed by atoms with Gasteiger partial charge in [-0.05, 0) is 18.1 Å². The zero-order chi connectivity index (χ0) is 16.9. The van der Waals surface area contributed by atoms with Crippen LogP contribution in [-0.4, -0.2) is 27.1 Å². The van der Waals surface area contributed by atoms with Crippen molar-refractivity contribution >= 4 is 11.6 Å². The van der Waals surface area contributed by atoms with Crippen molar-refractivity contribution in [3.05, 3.63) is 70.9 Å². The number of carbonyl (C=O) groups excluding carboxylic acids is 1. The fraction of sp³-hybridized carbons (Fsp3) is 0.118. The van der Waals surface area contributed by atoms with Crippen LogP contribution in [0, 0.1) is 0 Å². The smallest absolute Gasteiger partial charge is 0.271 e. The van der Waals surface area contributed by atoms with Gasteiger partial charge in [0.25, 0.3) is 5.56 Å². The highest BCUT2D eigenvalue weighted by molar-refractivity contribution is 5.95. The van der Waals surface area contributed by atoms with Gasteiger partial charge in [0.05, 0.1) is 12.2 Å². The molecular formula is C17H17N5O2. The Labute approximate surface area is 137 Å². The molecule has 5 N–H and O–H groups in total. The predicted molar refractivity (Wildman–Crippen MR) is 91.4 cm³/mol. The zero-order valence-corrected chi connectivity index (χ0v) is 12.8. The lowest BCUT2D eigenvalue weighted by Crippen LogP contribution is -2.38. The molecule has 0 saturated heterocycles. The van der Waals surface area contributed by atoms with Crippen LogP contribution in [0.1, 0.15) is 5.56 Å². The Bertz CT molecular complexity index is 872. The molecule has 0 aliphatic heterocycles. The standard InChI is InChI=1S/C17H17N5O2/c18-14(6-11-4-2-1-3-5-11)16(23)22-15-7-12(8-19-17(15)24)13-9-20-21-10-13/h1-5,7-10,14H,6,18H2,(H,19,24)(H,20,21)(H,22,23)/t14-/m0/s1. The third-order valence-corrected chi connectivity index (χ3v) is 3.63. The number of H-pyrrole nitrogens is 2.